The number of hydrogen-bond acceptors (Lipinski definition) is 3. The number of oxime groups is 1. The average Bonchev–Trinajstić information content (AvgIpc) is 2.98. The number of rotatable bonds is 3. The number of methoxy groups -OCH3 is 1. The summed E-state index contributed by atoms with van der Waals surface area (Å²) < 4.78 is 6.20. The second-order valence-corrected chi connectivity index (χ2v) is 6.29. The van der Waals surface area contributed by atoms with E-state index in [0.717, 1.165) is 15.9 Å². The van der Waals surface area contributed by atoms with Crippen molar-refractivity contribution in [3.8, 4) is 5.75 Å². The van der Waals surface area contributed by atoms with Crippen LogP contribution in [0, 0.1) is 0 Å². The van der Waals surface area contributed by atoms with Crippen molar-refractivity contribution < 1.29 is 9.57 Å². The minimum atomic E-state index is 0.0887. The summed E-state index contributed by atoms with van der Waals surface area (Å²) in [5, 5.41) is 4.31. The summed E-state index contributed by atoms with van der Waals surface area (Å²) >= 11 is 0.190. The molecule has 0 aliphatic carbocycles. The first-order valence-electron chi connectivity index (χ1n) is 5.96. The van der Waals surface area contributed by atoms with Gasteiger partial charge in [0.25, 0.3) is 0 Å². The first-order chi connectivity index (χ1) is 9.36. The third-order valence-corrected chi connectivity index (χ3v) is 5.18. The Bertz CT molecular complexity index is 581. The summed E-state index contributed by atoms with van der Waals surface area (Å²) in [5.74, 6) is 0.857. The summed E-state index contributed by atoms with van der Waals surface area (Å²) in [6.45, 7) is 0. The minimum absolute atomic E-state index is 0.0887. The quantitative estimate of drug-likeness (QED) is 0.815. The average molecular weight is 318 g/mol. The van der Waals surface area contributed by atoms with E-state index in [2.05, 4.69) is 17.3 Å². The molecule has 2 aromatic rings. The first-order valence-corrected chi connectivity index (χ1v) is 7.81. The van der Waals surface area contributed by atoms with Crippen molar-refractivity contribution in [3.63, 3.8) is 0 Å². The molecule has 1 atom stereocenters. The van der Waals surface area contributed by atoms with Gasteiger partial charge < -0.3 is 0 Å². The molecule has 0 saturated heterocycles. The van der Waals surface area contributed by atoms with Crippen molar-refractivity contribution in [2.24, 2.45) is 5.16 Å². The second-order valence-electron chi connectivity index (χ2n) is 4.09. The van der Waals surface area contributed by atoms with Crippen molar-refractivity contribution >= 4 is 19.6 Å². The van der Waals surface area contributed by atoms with Crippen molar-refractivity contribution in [1.82, 2.24) is 0 Å². The van der Waals surface area contributed by atoms with Crippen LogP contribution in [0.25, 0.3) is 0 Å². The molecule has 1 aliphatic rings. The zero-order valence-electron chi connectivity index (χ0n) is 10.4. The molecule has 96 valence electrons. The predicted octanol–water partition coefficient (Wildman–Crippen LogP) is 2.79. The molecule has 1 unspecified atom stereocenters. The Morgan fingerprint density at radius 2 is 1.79 bits per heavy atom. The summed E-state index contributed by atoms with van der Waals surface area (Å²) in [6.07, 6.45) is 0. The van der Waals surface area contributed by atoms with Crippen LogP contribution in [0.2, 0.25) is 0 Å². The van der Waals surface area contributed by atoms with E-state index >= 15 is 0 Å². The third-order valence-electron chi connectivity index (χ3n) is 2.86. The summed E-state index contributed by atoms with van der Waals surface area (Å²) in [4.78, 5) is 5.55. The van der Waals surface area contributed by atoms with Gasteiger partial charge in [0.2, 0.25) is 0 Å². The van der Waals surface area contributed by atoms with Crippen LogP contribution < -0.4 is 4.74 Å². The predicted molar refractivity (Wildman–Crippen MR) is 75.6 cm³/mol. The Hall–Kier alpha value is -1.77. The zero-order valence-corrected chi connectivity index (χ0v) is 12.2. The third kappa shape index (κ3) is 2.65. The molecule has 0 bridgehead atoms. The molecule has 0 aromatic heterocycles. The summed E-state index contributed by atoms with van der Waals surface area (Å²) in [7, 11) is 1.67. The molecule has 0 saturated carbocycles. The molecule has 19 heavy (non-hydrogen) atoms. The fourth-order valence-electron chi connectivity index (χ4n) is 1.83. The van der Waals surface area contributed by atoms with Crippen LogP contribution in [-0.2, 0) is 4.84 Å². The van der Waals surface area contributed by atoms with Crippen LogP contribution in [0.15, 0.2) is 59.8 Å². The molecule has 0 fully saturated rings. The maximum absolute atomic E-state index is 5.55. The standard InChI is InChI=1S/C15H13NO2Se/c1-17-13-9-7-11(8-10-13)14-16-18-15(19-14)12-5-3-2-4-6-12/h2-10,15H,1H3. The zero-order chi connectivity index (χ0) is 13.1. The number of nitrogens with zero attached hydrogens (tertiary/aromatic N) is 1. The van der Waals surface area contributed by atoms with Crippen LogP contribution in [0.1, 0.15) is 16.1 Å². The molecule has 3 rings (SSSR count). The normalized spacial score (nSPS) is 17.7. The Labute approximate surface area is 118 Å². The van der Waals surface area contributed by atoms with Gasteiger partial charge in [-0.15, -0.1) is 0 Å². The maximum atomic E-state index is 5.55. The fourth-order valence-corrected chi connectivity index (χ4v) is 3.81. The van der Waals surface area contributed by atoms with E-state index in [1.54, 1.807) is 7.11 Å². The van der Waals surface area contributed by atoms with Gasteiger partial charge in [-0.25, -0.2) is 0 Å². The van der Waals surface area contributed by atoms with Gasteiger partial charge in [0.1, 0.15) is 0 Å². The van der Waals surface area contributed by atoms with E-state index < -0.39 is 0 Å². The molecule has 0 N–H and O–H groups in total. The Balaban J connectivity index is 1.74. The topological polar surface area (TPSA) is 30.8 Å². The molecular weight excluding hydrogens is 305 g/mol. The summed E-state index contributed by atoms with van der Waals surface area (Å²) in [6, 6.07) is 18.2. The molecule has 4 heteroatoms. The molecule has 1 heterocycles. The van der Waals surface area contributed by atoms with E-state index in [1.165, 1.54) is 5.56 Å². The molecule has 2 aromatic carbocycles. The SMILES string of the molecule is COc1ccc(C2=NOC(c3ccccc3)[Se]2)cc1. The Morgan fingerprint density at radius 3 is 2.47 bits per heavy atom. The Kier molecular flexibility index (Phi) is 3.53. The van der Waals surface area contributed by atoms with Crippen molar-refractivity contribution in [2.45, 2.75) is 5.00 Å². The van der Waals surface area contributed by atoms with Gasteiger partial charge in [0.05, 0.1) is 0 Å². The molecule has 3 nitrogen and oxygen atoms in total. The molecule has 0 amide bonds. The van der Waals surface area contributed by atoms with E-state index in [9.17, 15) is 0 Å². The van der Waals surface area contributed by atoms with Crippen LogP contribution in [0.3, 0.4) is 0 Å². The molecule has 0 spiro atoms. The van der Waals surface area contributed by atoms with Crippen LogP contribution in [0.4, 0.5) is 0 Å². The van der Waals surface area contributed by atoms with Crippen molar-refractivity contribution in [3.05, 3.63) is 65.7 Å². The monoisotopic (exact) mass is 319 g/mol. The molecule has 1 aliphatic heterocycles. The van der Waals surface area contributed by atoms with Crippen molar-refractivity contribution in [1.29, 1.82) is 0 Å². The Morgan fingerprint density at radius 1 is 1.05 bits per heavy atom. The van der Waals surface area contributed by atoms with Crippen LogP contribution in [0.5, 0.6) is 5.75 Å². The first kappa shape index (κ1) is 12.3. The van der Waals surface area contributed by atoms with E-state index in [0.29, 0.717) is 0 Å². The fraction of sp³-hybridized carbons (Fsp3) is 0.133. The van der Waals surface area contributed by atoms with Gasteiger partial charge in [0.15, 0.2) is 0 Å². The van der Waals surface area contributed by atoms with E-state index in [1.807, 2.05) is 42.5 Å². The van der Waals surface area contributed by atoms with Crippen LogP contribution >= 0.6 is 0 Å². The van der Waals surface area contributed by atoms with E-state index in [4.69, 9.17) is 9.57 Å². The van der Waals surface area contributed by atoms with Gasteiger partial charge in [-0.1, -0.05) is 0 Å². The second kappa shape index (κ2) is 5.47. The molecular formula is C15H13NO2Se. The van der Waals surface area contributed by atoms with Gasteiger partial charge in [0, 0.05) is 0 Å². The molecule has 0 radical (unpaired) electrons. The van der Waals surface area contributed by atoms with Gasteiger partial charge in [-0.2, -0.15) is 0 Å². The summed E-state index contributed by atoms with van der Waals surface area (Å²) in [5.41, 5.74) is 2.30. The number of benzene rings is 2. The van der Waals surface area contributed by atoms with Gasteiger partial charge >= 0.3 is 118 Å². The van der Waals surface area contributed by atoms with Gasteiger partial charge in [-0.3, -0.25) is 0 Å². The van der Waals surface area contributed by atoms with E-state index in [-0.39, 0.29) is 20.0 Å². The van der Waals surface area contributed by atoms with Crippen LogP contribution in [-0.4, -0.2) is 26.7 Å². The van der Waals surface area contributed by atoms with Gasteiger partial charge in [-0.05, 0) is 0 Å². The van der Waals surface area contributed by atoms with Crippen molar-refractivity contribution in [2.75, 3.05) is 7.11 Å². The number of hydrogen-bond donors (Lipinski definition) is 0. The number of ether oxygens (including phenoxy) is 1.